The Hall–Kier alpha value is -3.07. The zero-order chi connectivity index (χ0) is 27.9. The summed E-state index contributed by atoms with van der Waals surface area (Å²) in [4.78, 5) is 28.9. The number of benzene rings is 2. The van der Waals surface area contributed by atoms with Crippen molar-refractivity contribution in [2.75, 3.05) is 24.2 Å². The van der Waals surface area contributed by atoms with E-state index in [1.54, 1.807) is 31.4 Å². The van der Waals surface area contributed by atoms with E-state index in [1.807, 2.05) is 39.0 Å². The zero-order valence-electron chi connectivity index (χ0n) is 23.2. The van der Waals surface area contributed by atoms with E-state index in [-0.39, 0.29) is 18.5 Å². The fraction of sp³-hybridized carbons (Fsp3) is 0.517. The molecule has 0 bridgehead atoms. The van der Waals surface area contributed by atoms with Crippen molar-refractivity contribution in [3.8, 4) is 5.75 Å². The zero-order valence-corrected chi connectivity index (χ0v) is 24.0. The second kappa shape index (κ2) is 13.1. The molecule has 0 aliphatic heterocycles. The van der Waals surface area contributed by atoms with E-state index in [0.29, 0.717) is 17.9 Å². The molecule has 1 fully saturated rings. The summed E-state index contributed by atoms with van der Waals surface area (Å²) in [5.74, 6) is 0.0568. The maximum absolute atomic E-state index is 13.9. The minimum Gasteiger partial charge on any atom is -0.497 e. The Labute approximate surface area is 227 Å². The van der Waals surface area contributed by atoms with E-state index < -0.39 is 28.5 Å². The molecule has 0 aromatic heterocycles. The third-order valence-corrected chi connectivity index (χ3v) is 8.16. The molecule has 3 rings (SSSR count). The minimum absolute atomic E-state index is 0.103. The predicted octanol–water partition coefficient (Wildman–Crippen LogP) is 4.33. The highest BCUT2D eigenvalue weighted by atomic mass is 32.2. The number of nitrogens with one attached hydrogen (secondary N) is 1. The van der Waals surface area contributed by atoms with Crippen LogP contribution in [0.5, 0.6) is 5.75 Å². The molecule has 8 nitrogen and oxygen atoms in total. The average Bonchev–Trinajstić information content (AvgIpc) is 2.86. The van der Waals surface area contributed by atoms with Crippen molar-refractivity contribution in [2.45, 2.75) is 77.9 Å². The van der Waals surface area contributed by atoms with Crippen LogP contribution in [0, 0.1) is 13.8 Å². The molecule has 0 radical (unpaired) electrons. The van der Waals surface area contributed by atoms with Crippen molar-refractivity contribution in [1.29, 1.82) is 0 Å². The van der Waals surface area contributed by atoms with Crippen LogP contribution >= 0.6 is 0 Å². The van der Waals surface area contributed by atoms with Crippen LogP contribution in [0.2, 0.25) is 0 Å². The highest BCUT2D eigenvalue weighted by Gasteiger charge is 2.33. The first-order valence-electron chi connectivity index (χ1n) is 13.3. The maximum atomic E-state index is 13.9. The van der Waals surface area contributed by atoms with Gasteiger partial charge in [-0.2, -0.15) is 0 Å². The van der Waals surface area contributed by atoms with Crippen molar-refractivity contribution in [1.82, 2.24) is 10.2 Å². The van der Waals surface area contributed by atoms with Crippen molar-refractivity contribution in [3.63, 3.8) is 0 Å². The first-order chi connectivity index (χ1) is 18.0. The number of sulfonamides is 1. The first-order valence-corrected chi connectivity index (χ1v) is 15.2. The van der Waals surface area contributed by atoms with Gasteiger partial charge in [0.05, 0.1) is 19.1 Å². The third kappa shape index (κ3) is 7.96. The summed E-state index contributed by atoms with van der Waals surface area (Å²) in [6.45, 7) is 5.42. The molecule has 0 saturated heterocycles. The van der Waals surface area contributed by atoms with Crippen LogP contribution in [-0.4, -0.2) is 57.1 Å². The lowest BCUT2D eigenvalue weighted by Crippen LogP contribution is -2.53. The van der Waals surface area contributed by atoms with E-state index in [0.717, 1.165) is 52.9 Å². The quantitative estimate of drug-likeness (QED) is 0.455. The molecule has 1 N–H and O–H groups in total. The molecule has 0 heterocycles. The van der Waals surface area contributed by atoms with Crippen LogP contribution in [0.4, 0.5) is 5.69 Å². The molecule has 1 atom stereocenters. The molecule has 2 aromatic carbocycles. The molecule has 208 valence electrons. The number of hydrogen-bond acceptors (Lipinski definition) is 5. The van der Waals surface area contributed by atoms with Crippen LogP contribution in [-0.2, 0) is 26.2 Å². The van der Waals surface area contributed by atoms with E-state index in [2.05, 4.69) is 5.32 Å². The van der Waals surface area contributed by atoms with E-state index >= 15 is 0 Å². The Balaban J connectivity index is 1.93. The van der Waals surface area contributed by atoms with E-state index in [9.17, 15) is 18.0 Å². The molecule has 1 aliphatic carbocycles. The SMILES string of the molecule is CC[C@H](C(=O)NC1CCCCC1)N(Cc1ccc(OC)cc1)C(=O)CN(c1cc(C)cc(C)c1)S(C)(=O)=O. The normalized spacial score (nSPS) is 15.0. The lowest BCUT2D eigenvalue weighted by molar-refractivity contribution is -0.140. The minimum atomic E-state index is -3.77. The van der Waals surface area contributed by atoms with Gasteiger partial charge in [-0.25, -0.2) is 8.42 Å². The van der Waals surface area contributed by atoms with Crippen LogP contribution in [0.1, 0.15) is 62.1 Å². The molecule has 0 spiro atoms. The largest absolute Gasteiger partial charge is 0.497 e. The average molecular weight is 544 g/mol. The van der Waals surface area contributed by atoms with Crippen molar-refractivity contribution in [2.24, 2.45) is 0 Å². The summed E-state index contributed by atoms with van der Waals surface area (Å²) in [7, 11) is -2.18. The summed E-state index contributed by atoms with van der Waals surface area (Å²) in [5, 5.41) is 3.15. The fourth-order valence-corrected chi connectivity index (χ4v) is 5.93. The van der Waals surface area contributed by atoms with Crippen LogP contribution < -0.4 is 14.4 Å². The number of rotatable bonds is 11. The van der Waals surface area contributed by atoms with Gasteiger partial charge in [-0.1, -0.05) is 44.4 Å². The summed E-state index contributed by atoms with van der Waals surface area (Å²) in [6.07, 6.45) is 6.70. The number of methoxy groups -OCH3 is 1. The second-order valence-corrected chi connectivity index (χ2v) is 12.2. The van der Waals surface area contributed by atoms with Crippen molar-refractivity contribution >= 4 is 27.5 Å². The highest BCUT2D eigenvalue weighted by molar-refractivity contribution is 7.92. The van der Waals surface area contributed by atoms with Gasteiger partial charge >= 0.3 is 0 Å². The molecule has 1 aliphatic rings. The van der Waals surface area contributed by atoms with Gasteiger partial charge in [0.15, 0.2) is 0 Å². The number of carbonyl (C=O) groups is 2. The number of hydrogen-bond donors (Lipinski definition) is 1. The molecular weight excluding hydrogens is 502 g/mol. The number of nitrogens with zero attached hydrogens (tertiary/aromatic N) is 2. The molecule has 2 amide bonds. The summed E-state index contributed by atoms with van der Waals surface area (Å²) in [5.41, 5.74) is 3.05. The Morgan fingerprint density at radius 3 is 2.16 bits per heavy atom. The number of ether oxygens (including phenoxy) is 1. The molecule has 38 heavy (non-hydrogen) atoms. The van der Waals surface area contributed by atoms with Crippen molar-refractivity contribution < 1.29 is 22.7 Å². The topological polar surface area (TPSA) is 96.0 Å². The summed E-state index contributed by atoms with van der Waals surface area (Å²) < 4.78 is 32.1. The number of anilines is 1. The van der Waals surface area contributed by atoms with Crippen LogP contribution in [0.3, 0.4) is 0 Å². The molecule has 9 heteroatoms. The molecule has 0 unspecified atom stereocenters. The Morgan fingerprint density at radius 1 is 1.03 bits per heavy atom. The molecular formula is C29H41N3O5S. The van der Waals surface area contributed by atoms with Gasteiger partial charge in [0.2, 0.25) is 21.8 Å². The van der Waals surface area contributed by atoms with E-state index in [4.69, 9.17) is 4.74 Å². The van der Waals surface area contributed by atoms with Gasteiger partial charge in [0, 0.05) is 12.6 Å². The molecule has 1 saturated carbocycles. The maximum Gasteiger partial charge on any atom is 0.244 e. The van der Waals surface area contributed by atoms with Crippen LogP contribution in [0.25, 0.3) is 0 Å². The Kier molecular flexibility index (Phi) is 10.2. The highest BCUT2D eigenvalue weighted by Crippen LogP contribution is 2.24. The van der Waals surface area contributed by atoms with Crippen molar-refractivity contribution in [3.05, 3.63) is 59.2 Å². The van der Waals surface area contributed by atoms with Gasteiger partial charge in [-0.3, -0.25) is 13.9 Å². The summed E-state index contributed by atoms with van der Waals surface area (Å²) >= 11 is 0. The lowest BCUT2D eigenvalue weighted by Gasteiger charge is -2.34. The summed E-state index contributed by atoms with van der Waals surface area (Å²) in [6, 6.07) is 12.1. The lowest BCUT2D eigenvalue weighted by atomic mass is 9.95. The second-order valence-electron chi connectivity index (χ2n) is 10.3. The third-order valence-electron chi connectivity index (χ3n) is 7.02. The Morgan fingerprint density at radius 2 is 1.63 bits per heavy atom. The van der Waals surface area contributed by atoms with Gasteiger partial charge in [0.1, 0.15) is 18.3 Å². The number of aryl methyl sites for hydroxylation is 2. The predicted molar refractivity (Wildman–Crippen MR) is 151 cm³/mol. The first kappa shape index (κ1) is 29.5. The number of carbonyl (C=O) groups excluding carboxylic acids is 2. The van der Waals surface area contributed by atoms with Gasteiger partial charge in [0.25, 0.3) is 0 Å². The fourth-order valence-electron chi connectivity index (χ4n) is 5.10. The van der Waals surface area contributed by atoms with Gasteiger partial charge in [-0.15, -0.1) is 0 Å². The standard InChI is InChI=1S/C29H41N3O5S/c1-6-27(29(34)30-24-10-8-7-9-11-24)31(19-23-12-14-26(37-4)15-13-23)28(33)20-32(38(5,35)36)25-17-21(2)16-22(3)18-25/h12-18,24,27H,6-11,19-20H2,1-5H3,(H,30,34)/t27-/m1/s1. The van der Waals surface area contributed by atoms with Crippen LogP contribution in [0.15, 0.2) is 42.5 Å². The van der Waals surface area contributed by atoms with Gasteiger partial charge in [-0.05, 0) is 74.1 Å². The number of amides is 2. The monoisotopic (exact) mass is 543 g/mol. The smallest absolute Gasteiger partial charge is 0.244 e. The van der Waals surface area contributed by atoms with E-state index in [1.165, 1.54) is 11.3 Å². The molecule has 2 aromatic rings. The van der Waals surface area contributed by atoms with Gasteiger partial charge < -0.3 is 15.0 Å². The Bertz CT molecular complexity index is 1190.